The molecular weight excluding hydrogens is 357 g/mol. The second kappa shape index (κ2) is 6.71. The molecule has 1 aromatic heterocycles. The molecule has 0 aliphatic carbocycles. The molecule has 1 aliphatic rings. The number of hydrogen-bond acceptors (Lipinski definition) is 5. The monoisotopic (exact) mass is 380 g/mol. The molecule has 0 unspecified atom stereocenters. The summed E-state index contributed by atoms with van der Waals surface area (Å²) in [6, 6.07) is -0.571. The number of amides is 2. The molecule has 0 aromatic carbocycles. The van der Waals surface area contributed by atoms with Crippen LogP contribution in [0, 0.1) is 0 Å². The Morgan fingerprint density at radius 1 is 1.36 bits per heavy atom. The molecule has 1 fully saturated rings. The molecule has 1 atom stereocenters. The van der Waals surface area contributed by atoms with Crippen LogP contribution < -0.4 is 5.32 Å². The zero-order chi connectivity index (χ0) is 19.0. The minimum Gasteiger partial charge on any atom is -0.359 e. The van der Waals surface area contributed by atoms with Crippen molar-refractivity contribution >= 4 is 17.4 Å². The standard InChI is InChI=1S/C15H23F3N4O2S/c1-13(2,3)11-21-20-10(25-11)6-19-12(23)22-7-9(15(16,17)18)24-14(4,5)8-22/h9H,6-8H2,1-5H3,(H,19,23)/t9-/m0/s1. The molecule has 0 spiro atoms. The van der Waals surface area contributed by atoms with Gasteiger partial charge in [0, 0.05) is 5.41 Å². The van der Waals surface area contributed by atoms with Crippen molar-refractivity contribution in [1.82, 2.24) is 20.4 Å². The van der Waals surface area contributed by atoms with Gasteiger partial charge in [0.15, 0.2) is 6.10 Å². The number of nitrogens with zero attached hydrogens (tertiary/aromatic N) is 3. The number of alkyl halides is 3. The quantitative estimate of drug-likeness (QED) is 0.856. The SMILES string of the molecule is CC1(C)CN(C(=O)NCc2nnc(C(C)(C)C)s2)C[C@@H](C(F)(F)F)O1. The first-order valence-corrected chi connectivity index (χ1v) is 8.70. The van der Waals surface area contributed by atoms with Gasteiger partial charge >= 0.3 is 12.2 Å². The first-order chi connectivity index (χ1) is 11.3. The average Bonchev–Trinajstić information content (AvgIpc) is 2.91. The number of nitrogens with one attached hydrogen (secondary N) is 1. The number of ether oxygens (including phenoxy) is 1. The van der Waals surface area contributed by atoms with Gasteiger partial charge in [0.2, 0.25) is 0 Å². The van der Waals surface area contributed by atoms with Crippen molar-refractivity contribution in [3.63, 3.8) is 0 Å². The minimum absolute atomic E-state index is 0.0781. The number of morpholine rings is 1. The van der Waals surface area contributed by atoms with Crippen LogP contribution >= 0.6 is 11.3 Å². The second-order valence-electron chi connectivity index (χ2n) is 7.70. The maximum atomic E-state index is 13.0. The highest BCUT2D eigenvalue weighted by Gasteiger charge is 2.49. The van der Waals surface area contributed by atoms with Crippen molar-refractivity contribution in [3.05, 3.63) is 10.0 Å². The van der Waals surface area contributed by atoms with Crippen LogP contribution in [0.5, 0.6) is 0 Å². The van der Waals surface area contributed by atoms with Crippen LogP contribution in [0.3, 0.4) is 0 Å². The van der Waals surface area contributed by atoms with E-state index in [1.807, 2.05) is 20.8 Å². The van der Waals surface area contributed by atoms with E-state index in [1.165, 1.54) is 25.2 Å². The zero-order valence-corrected chi connectivity index (χ0v) is 15.7. The molecule has 1 saturated heterocycles. The summed E-state index contributed by atoms with van der Waals surface area (Å²) in [7, 11) is 0. The molecule has 2 rings (SSSR count). The normalized spacial score (nSPS) is 21.3. The molecule has 1 N–H and O–H groups in total. The number of urea groups is 1. The fourth-order valence-electron chi connectivity index (χ4n) is 2.40. The number of rotatable bonds is 2. The summed E-state index contributed by atoms with van der Waals surface area (Å²) in [5.41, 5.74) is -1.22. The molecule has 1 aliphatic heterocycles. The van der Waals surface area contributed by atoms with Crippen LogP contribution in [0.25, 0.3) is 0 Å². The molecule has 10 heteroatoms. The number of halogens is 3. The lowest BCUT2D eigenvalue weighted by molar-refractivity contribution is -0.267. The summed E-state index contributed by atoms with van der Waals surface area (Å²) in [6.45, 7) is 8.75. The first kappa shape index (κ1) is 19.9. The summed E-state index contributed by atoms with van der Waals surface area (Å²) >= 11 is 1.37. The van der Waals surface area contributed by atoms with E-state index in [0.29, 0.717) is 5.01 Å². The van der Waals surface area contributed by atoms with Gasteiger partial charge in [-0.3, -0.25) is 0 Å². The summed E-state index contributed by atoms with van der Waals surface area (Å²) in [5.74, 6) is 0. The smallest absolute Gasteiger partial charge is 0.359 e. The van der Waals surface area contributed by atoms with Crippen molar-refractivity contribution in [3.8, 4) is 0 Å². The van der Waals surface area contributed by atoms with Gasteiger partial charge in [-0.05, 0) is 13.8 Å². The Balaban J connectivity index is 1.99. The Kier molecular flexibility index (Phi) is 5.34. The van der Waals surface area contributed by atoms with Crippen molar-refractivity contribution in [2.45, 2.75) is 64.5 Å². The Bertz CT molecular complexity index is 625. The van der Waals surface area contributed by atoms with E-state index < -0.39 is 30.5 Å². The highest BCUT2D eigenvalue weighted by atomic mass is 32.1. The minimum atomic E-state index is -4.52. The molecule has 1 aromatic rings. The molecular formula is C15H23F3N4O2S. The summed E-state index contributed by atoms with van der Waals surface area (Å²) in [6.07, 6.45) is -6.51. The molecule has 0 bridgehead atoms. The average molecular weight is 380 g/mol. The molecule has 2 amide bonds. The van der Waals surface area contributed by atoms with Crippen LogP contribution in [0.2, 0.25) is 0 Å². The lowest BCUT2D eigenvalue weighted by atomic mass is 9.98. The van der Waals surface area contributed by atoms with E-state index in [4.69, 9.17) is 4.74 Å². The Hall–Kier alpha value is -1.42. The number of aromatic nitrogens is 2. The van der Waals surface area contributed by atoms with E-state index in [-0.39, 0.29) is 18.5 Å². The topological polar surface area (TPSA) is 67.4 Å². The van der Waals surface area contributed by atoms with Gasteiger partial charge in [-0.25, -0.2) is 4.79 Å². The third kappa shape index (κ3) is 5.27. The van der Waals surface area contributed by atoms with Crippen LogP contribution in [0.1, 0.15) is 44.6 Å². The van der Waals surface area contributed by atoms with Crippen LogP contribution in [-0.4, -0.2) is 52.1 Å². The maximum absolute atomic E-state index is 13.0. The number of hydrogen-bond donors (Lipinski definition) is 1. The van der Waals surface area contributed by atoms with Crippen molar-refractivity contribution in [2.75, 3.05) is 13.1 Å². The summed E-state index contributed by atoms with van der Waals surface area (Å²) in [5, 5.41) is 12.2. The van der Waals surface area contributed by atoms with Gasteiger partial charge in [0.05, 0.1) is 25.2 Å². The third-order valence-electron chi connectivity index (χ3n) is 3.57. The van der Waals surface area contributed by atoms with E-state index in [1.54, 1.807) is 0 Å². The van der Waals surface area contributed by atoms with Gasteiger partial charge in [-0.2, -0.15) is 13.2 Å². The zero-order valence-electron chi connectivity index (χ0n) is 14.9. The van der Waals surface area contributed by atoms with Gasteiger partial charge in [0.25, 0.3) is 0 Å². The Labute approximate surface area is 148 Å². The van der Waals surface area contributed by atoms with Gasteiger partial charge in [-0.15, -0.1) is 10.2 Å². The predicted octanol–water partition coefficient (Wildman–Crippen LogP) is 3.09. The fourth-order valence-corrected chi connectivity index (χ4v) is 3.24. The number of carbonyl (C=O) groups is 1. The van der Waals surface area contributed by atoms with Crippen molar-refractivity contribution in [1.29, 1.82) is 0 Å². The van der Waals surface area contributed by atoms with Crippen LogP contribution in [-0.2, 0) is 16.7 Å². The van der Waals surface area contributed by atoms with Crippen molar-refractivity contribution in [2.24, 2.45) is 0 Å². The first-order valence-electron chi connectivity index (χ1n) is 7.88. The van der Waals surface area contributed by atoms with E-state index in [0.717, 1.165) is 9.91 Å². The van der Waals surface area contributed by atoms with Gasteiger partial charge < -0.3 is 15.0 Å². The van der Waals surface area contributed by atoms with Crippen LogP contribution in [0.4, 0.5) is 18.0 Å². The van der Waals surface area contributed by atoms with E-state index >= 15 is 0 Å². The predicted molar refractivity (Wildman–Crippen MR) is 87.4 cm³/mol. The fraction of sp³-hybridized carbons (Fsp3) is 0.800. The molecule has 6 nitrogen and oxygen atoms in total. The molecule has 2 heterocycles. The summed E-state index contributed by atoms with van der Waals surface area (Å²) in [4.78, 5) is 13.4. The van der Waals surface area contributed by atoms with E-state index in [2.05, 4.69) is 15.5 Å². The van der Waals surface area contributed by atoms with Crippen LogP contribution in [0.15, 0.2) is 0 Å². The lowest BCUT2D eigenvalue weighted by Gasteiger charge is -2.43. The van der Waals surface area contributed by atoms with Crippen molar-refractivity contribution < 1.29 is 22.7 Å². The Morgan fingerprint density at radius 3 is 2.52 bits per heavy atom. The lowest BCUT2D eigenvalue weighted by Crippen LogP contribution is -2.60. The largest absolute Gasteiger partial charge is 0.416 e. The third-order valence-corrected chi connectivity index (χ3v) is 4.92. The van der Waals surface area contributed by atoms with E-state index in [9.17, 15) is 18.0 Å². The highest BCUT2D eigenvalue weighted by molar-refractivity contribution is 7.11. The second-order valence-corrected chi connectivity index (χ2v) is 8.76. The molecule has 142 valence electrons. The van der Waals surface area contributed by atoms with Gasteiger partial charge in [-0.1, -0.05) is 32.1 Å². The highest BCUT2D eigenvalue weighted by Crippen LogP contribution is 2.31. The number of carbonyl (C=O) groups excluding carboxylic acids is 1. The summed E-state index contributed by atoms with van der Waals surface area (Å²) < 4.78 is 44.0. The molecule has 0 saturated carbocycles. The molecule has 0 radical (unpaired) electrons. The Morgan fingerprint density at radius 2 is 2.00 bits per heavy atom. The molecule has 25 heavy (non-hydrogen) atoms. The maximum Gasteiger partial charge on any atom is 0.416 e. The van der Waals surface area contributed by atoms with Gasteiger partial charge in [0.1, 0.15) is 10.0 Å².